The third-order valence-corrected chi connectivity index (χ3v) is 7.02. The van der Waals surface area contributed by atoms with Gasteiger partial charge in [-0.15, -0.1) is 11.8 Å². The molecule has 3 rings (SSSR count). The van der Waals surface area contributed by atoms with Crippen LogP contribution >= 0.6 is 11.8 Å². The molecule has 2 aliphatic heterocycles. The lowest BCUT2D eigenvalue weighted by Crippen LogP contribution is -2.78. The van der Waals surface area contributed by atoms with Gasteiger partial charge in [-0.3, -0.25) is 9.59 Å². The molecule has 1 aromatic carbocycles. The molecule has 0 aromatic heterocycles. The van der Waals surface area contributed by atoms with E-state index in [9.17, 15) is 19.5 Å². The van der Waals surface area contributed by atoms with Gasteiger partial charge in [0.25, 0.3) is 11.8 Å². The standard InChI is InChI=1S/C20H26N2O5S/c1-11(2)13(27-12-9-7-6-8-10-12)15(23)21-20(5)17(26)22-14(16(24)25)19(3,4)28-18(20)22/h6-11,13-14,18H,1-5H3,(H,21,23)(H,24,25)/t13?,14-,18+,20-/m0/s1. The lowest BCUT2D eigenvalue weighted by molar-refractivity contribution is -0.168. The summed E-state index contributed by atoms with van der Waals surface area (Å²) in [7, 11) is 0. The highest BCUT2D eigenvalue weighted by Gasteiger charge is 2.70. The Morgan fingerprint density at radius 3 is 2.36 bits per heavy atom. The number of carboxylic acids is 1. The fourth-order valence-electron chi connectivity index (χ4n) is 3.80. The largest absolute Gasteiger partial charge is 0.480 e. The van der Waals surface area contributed by atoms with Crippen LogP contribution in [0.5, 0.6) is 5.75 Å². The summed E-state index contributed by atoms with van der Waals surface area (Å²) < 4.78 is 5.21. The van der Waals surface area contributed by atoms with E-state index >= 15 is 0 Å². The second-order valence-electron chi connectivity index (χ2n) is 8.31. The fraction of sp³-hybridized carbons (Fsp3) is 0.550. The summed E-state index contributed by atoms with van der Waals surface area (Å²) in [4.78, 5) is 38.9. The summed E-state index contributed by atoms with van der Waals surface area (Å²) in [6.07, 6.45) is -0.768. The van der Waals surface area contributed by atoms with Crippen molar-refractivity contribution in [1.82, 2.24) is 10.2 Å². The molecule has 0 bridgehead atoms. The Kier molecular flexibility index (Phi) is 5.12. The monoisotopic (exact) mass is 406 g/mol. The maximum Gasteiger partial charge on any atom is 0.327 e. The van der Waals surface area contributed by atoms with Crippen molar-refractivity contribution < 1.29 is 24.2 Å². The third kappa shape index (κ3) is 3.23. The van der Waals surface area contributed by atoms with Gasteiger partial charge in [-0.1, -0.05) is 32.0 Å². The van der Waals surface area contributed by atoms with Crippen LogP contribution in [0, 0.1) is 5.92 Å². The summed E-state index contributed by atoms with van der Waals surface area (Å²) in [5.74, 6) is -1.33. The number of carbonyl (C=O) groups is 3. The molecule has 0 aliphatic carbocycles. The van der Waals surface area contributed by atoms with Crippen LogP contribution < -0.4 is 10.1 Å². The van der Waals surface area contributed by atoms with Crippen LogP contribution in [0.2, 0.25) is 0 Å². The first-order chi connectivity index (χ1) is 13.0. The van der Waals surface area contributed by atoms with Gasteiger partial charge in [-0.05, 0) is 38.8 Å². The molecule has 2 saturated heterocycles. The second-order valence-corrected chi connectivity index (χ2v) is 10.0. The number of thioether (sulfide) groups is 1. The van der Waals surface area contributed by atoms with Gasteiger partial charge in [0.15, 0.2) is 6.10 Å². The van der Waals surface area contributed by atoms with Crippen molar-refractivity contribution in [2.45, 2.75) is 62.4 Å². The molecule has 152 valence electrons. The number of carbonyl (C=O) groups excluding carboxylic acids is 2. The maximum atomic E-state index is 13.0. The molecule has 2 N–H and O–H groups in total. The van der Waals surface area contributed by atoms with Crippen molar-refractivity contribution in [3.8, 4) is 5.75 Å². The number of carboxylic acid groups (broad SMARTS) is 1. The highest BCUT2D eigenvalue weighted by atomic mass is 32.2. The molecule has 1 aromatic rings. The van der Waals surface area contributed by atoms with Crippen LogP contribution in [0.3, 0.4) is 0 Å². The van der Waals surface area contributed by atoms with Gasteiger partial charge in [-0.25, -0.2) is 4.79 Å². The summed E-state index contributed by atoms with van der Waals surface area (Å²) in [5.41, 5.74) is -1.16. The Hall–Kier alpha value is -2.22. The average molecular weight is 407 g/mol. The first kappa shape index (κ1) is 20.5. The highest BCUT2D eigenvalue weighted by Crippen LogP contribution is 2.54. The molecule has 1 unspecified atom stereocenters. The van der Waals surface area contributed by atoms with Gasteiger partial charge in [0, 0.05) is 4.75 Å². The zero-order valence-electron chi connectivity index (χ0n) is 16.6. The number of para-hydroxylation sites is 1. The molecule has 0 saturated carbocycles. The van der Waals surface area contributed by atoms with Crippen molar-refractivity contribution in [2.24, 2.45) is 5.92 Å². The van der Waals surface area contributed by atoms with Gasteiger partial charge >= 0.3 is 5.97 Å². The number of amides is 2. The molecular formula is C20H26N2O5S. The van der Waals surface area contributed by atoms with Crippen LogP contribution in [0.15, 0.2) is 30.3 Å². The number of benzene rings is 1. The number of aliphatic carboxylic acids is 1. The summed E-state index contributed by atoms with van der Waals surface area (Å²) >= 11 is 1.40. The van der Waals surface area contributed by atoms with E-state index in [1.54, 1.807) is 32.9 Å². The molecular weight excluding hydrogens is 380 g/mol. The van der Waals surface area contributed by atoms with Crippen molar-refractivity contribution in [3.05, 3.63) is 30.3 Å². The lowest BCUT2D eigenvalue weighted by Gasteiger charge is -2.51. The van der Waals surface area contributed by atoms with Crippen molar-refractivity contribution in [1.29, 1.82) is 0 Å². The Labute approximate surface area is 168 Å². The minimum absolute atomic E-state index is 0.116. The van der Waals surface area contributed by atoms with E-state index in [4.69, 9.17) is 4.74 Å². The Morgan fingerprint density at radius 2 is 1.82 bits per heavy atom. The molecule has 28 heavy (non-hydrogen) atoms. The summed E-state index contributed by atoms with van der Waals surface area (Å²) in [6, 6.07) is 8.13. The molecule has 7 nitrogen and oxygen atoms in total. The molecule has 0 radical (unpaired) electrons. The van der Waals surface area contributed by atoms with E-state index in [0.717, 1.165) is 0 Å². The molecule has 8 heteroatoms. The van der Waals surface area contributed by atoms with Crippen LogP contribution in [0.1, 0.15) is 34.6 Å². The van der Waals surface area contributed by atoms with Gasteiger partial charge in [0.05, 0.1) is 0 Å². The predicted molar refractivity (Wildman–Crippen MR) is 106 cm³/mol. The molecule has 2 fully saturated rings. The van der Waals surface area contributed by atoms with Crippen molar-refractivity contribution in [2.75, 3.05) is 0 Å². The minimum atomic E-state index is -1.16. The molecule has 4 atom stereocenters. The van der Waals surface area contributed by atoms with E-state index in [1.165, 1.54) is 16.7 Å². The first-order valence-corrected chi connectivity index (χ1v) is 10.1. The van der Waals surface area contributed by atoms with Crippen LogP contribution in [-0.4, -0.2) is 55.6 Å². The number of rotatable bonds is 6. The molecule has 2 amide bonds. The SMILES string of the molecule is CC(C)C(Oc1ccccc1)C(=O)N[C@@]1(C)C(=O)N2[C@@H](C(=O)O)C(C)(C)S[C@@H]21. The second kappa shape index (κ2) is 6.99. The van der Waals surface area contributed by atoms with E-state index in [2.05, 4.69) is 5.32 Å². The van der Waals surface area contributed by atoms with E-state index in [1.807, 2.05) is 32.0 Å². The average Bonchev–Trinajstić information content (AvgIpc) is 2.89. The Balaban J connectivity index is 1.78. The number of β-lactam (4-membered cyclic amide) rings is 1. The van der Waals surface area contributed by atoms with Gasteiger partial charge < -0.3 is 20.1 Å². The highest BCUT2D eigenvalue weighted by molar-refractivity contribution is 8.01. The van der Waals surface area contributed by atoms with Crippen molar-refractivity contribution >= 4 is 29.5 Å². The van der Waals surface area contributed by atoms with Crippen LogP contribution in [0.4, 0.5) is 0 Å². The summed E-state index contributed by atoms with van der Waals surface area (Å²) in [5, 5.41) is 12.0. The van der Waals surface area contributed by atoms with E-state index < -0.39 is 33.8 Å². The van der Waals surface area contributed by atoms with E-state index in [0.29, 0.717) is 5.75 Å². The predicted octanol–water partition coefficient (Wildman–Crippen LogP) is 2.11. The number of nitrogens with one attached hydrogen (secondary N) is 1. The maximum absolute atomic E-state index is 13.0. The normalized spacial score (nSPS) is 29.1. The van der Waals surface area contributed by atoms with Crippen LogP contribution in [0.25, 0.3) is 0 Å². The first-order valence-electron chi connectivity index (χ1n) is 9.26. The third-order valence-electron chi connectivity index (χ3n) is 5.26. The quantitative estimate of drug-likeness (QED) is 0.703. The number of hydrogen-bond acceptors (Lipinski definition) is 5. The molecule has 2 heterocycles. The van der Waals surface area contributed by atoms with Gasteiger partial charge in [-0.2, -0.15) is 0 Å². The molecule has 0 spiro atoms. The topological polar surface area (TPSA) is 95.9 Å². The lowest BCUT2D eigenvalue weighted by atomic mass is 9.85. The van der Waals surface area contributed by atoms with E-state index in [-0.39, 0.29) is 17.7 Å². The zero-order valence-corrected chi connectivity index (χ0v) is 17.4. The zero-order chi connectivity index (χ0) is 20.9. The number of hydrogen-bond donors (Lipinski definition) is 2. The number of fused-ring (bicyclic) bond motifs is 1. The molecule has 2 aliphatic rings. The van der Waals surface area contributed by atoms with Crippen molar-refractivity contribution in [3.63, 3.8) is 0 Å². The van der Waals surface area contributed by atoms with Gasteiger partial charge in [0.2, 0.25) is 0 Å². The minimum Gasteiger partial charge on any atom is -0.480 e. The Morgan fingerprint density at radius 1 is 1.21 bits per heavy atom. The fourth-order valence-corrected chi connectivity index (χ4v) is 5.45. The number of nitrogens with zero attached hydrogens (tertiary/aromatic N) is 1. The smallest absolute Gasteiger partial charge is 0.327 e. The number of ether oxygens (including phenoxy) is 1. The van der Waals surface area contributed by atoms with Crippen LogP contribution in [-0.2, 0) is 14.4 Å². The summed E-state index contributed by atoms with van der Waals surface area (Å²) in [6.45, 7) is 9.01. The Bertz CT molecular complexity index is 797. The van der Waals surface area contributed by atoms with Gasteiger partial charge in [0.1, 0.15) is 22.7 Å².